The first kappa shape index (κ1) is 20.7. The Morgan fingerprint density at radius 1 is 1.00 bits per heavy atom. The van der Waals surface area contributed by atoms with Crippen molar-refractivity contribution in [2.45, 2.75) is 4.90 Å². The lowest BCUT2D eigenvalue weighted by Crippen LogP contribution is -2.36. The number of halogens is 5. The van der Waals surface area contributed by atoms with E-state index in [-0.39, 0.29) is 10.6 Å². The van der Waals surface area contributed by atoms with Gasteiger partial charge in [-0.25, -0.2) is 22.0 Å². The van der Waals surface area contributed by atoms with E-state index in [4.69, 9.17) is 0 Å². The van der Waals surface area contributed by atoms with Gasteiger partial charge in [-0.15, -0.1) is 11.8 Å². The summed E-state index contributed by atoms with van der Waals surface area (Å²) in [6.07, 6.45) is 0. The van der Waals surface area contributed by atoms with Crippen LogP contribution in [0.4, 0.5) is 27.6 Å². The maximum atomic E-state index is 13.5. The Morgan fingerprint density at radius 3 is 2.37 bits per heavy atom. The smallest absolute Gasteiger partial charge is 0.244 e. The molecule has 144 valence electrons. The molecule has 2 aromatic carbocycles. The summed E-state index contributed by atoms with van der Waals surface area (Å²) >= 11 is 0.746. The van der Waals surface area contributed by atoms with Crippen molar-refractivity contribution in [3.05, 3.63) is 59.4 Å². The monoisotopic (exact) mass is 404 g/mol. The Labute approximate surface area is 155 Å². The molecular formula is C17H13F5N2O2S. The molecule has 27 heavy (non-hydrogen) atoms. The highest BCUT2D eigenvalue weighted by Crippen LogP contribution is 2.23. The normalized spacial score (nSPS) is 10.6. The molecule has 0 bridgehead atoms. The molecule has 4 nitrogen and oxygen atoms in total. The number of thioether (sulfide) groups is 1. The summed E-state index contributed by atoms with van der Waals surface area (Å²) in [6.45, 7) is -0.510. The first-order chi connectivity index (χ1) is 12.7. The number of nitrogens with zero attached hydrogens (tertiary/aromatic N) is 1. The van der Waals surface area contributed by atoms with E-state index in [1.165, 1.54) is 7.05 Å². The molecule has 10 heteroatoms. The van der Waals surface area contributed by atoms with Gasteiger partial charge in [-0.2, -0.15) is 0 Å². The molecule has 0 heterocycles. The van der Waals surface area contributed by atoms with Crippen LogP contribution in [0.15, 0.2) is 35.2 Å². The van der Waals surface area contributed by atoms with Gasteiger partial charge in [0, 0.05) is 11.9 Å². The number of amides is 2. The van der Waals surface area contributed by atoms with Crippen LogP contribution in [-0.4, -0.2) is 36.1 Å². The van der Waals surface area contributed by atoms with Crippen LogP contribution in [0, 0.1) is 29.1 Å². The second kappa shape index (κ2) is 8.85. The van der Waals surface area contributed by atoms with Crippen LogP contribution < -0.4 is 5.32 Å². The number of carbonyl (C=O) groups excluding carboxylic acids is 2. The number of hydrogen-bond donors (Lipinski definition) is 1. The highest BCUT2D eigenvalue weighted by atomic mass is 32.2. The van der Waals surface area contributed by atoms with E-state index in [0.29, 0.717) is 6.07 Å². The number of rotatable bonds is 6. The van der Waals surface area contributed by atoms with E-state index in [0.717, 1.165) is 40.9 Å². The topological polar surface area (TPSA) is 49.4 Å². The zero-order chi connectivity index (χ0) is 20.1. The molecule has 2 aromatic rings. The Morgan fingerprint density at radius 2 is 1.67 bits per heavy atom. The maximum absolute atomic E-state index is 13.5. The lowest BCUT2D eigenvalue weighted by molar-refractivity contribution is -0.131. The fourth-order valence-corrected chi connectivity index (χ4v) is 2.85. The molecule has 0 aromatic heterocycles. The van der Waals surface area contributed by atoms with Crippen molar-refractivity contribution in [3.63, 3.8) is 0 Å². The van der Waals surface area contributed by atoms with E-state index >= 15 is 0 Å². The van der Waals surface area contributed by atoms with Crippen molar-refractivity contribution in [3.8, 4) is 0 Å². The molecule has 0 fully saturated rings. The predicted octanol–water partition coefficient (Wildman–Crippen LogP) is 3.57. The average molecular weight is 404 g/mol. The van der Waals surface area contributed by atoms with Gasteiger partial charge in [0.05, 0.1) is 18.0 Å². The minimum absolute atomic E-state index is 0.0648. The minimum Gasteiger partial charge on any atom is -0.336 e. The van der Waals surface area contributed by atoms with E-state index in [9.17, 15) is 31.5 Å². The molecule has 2 rings (SSSR count). The van der Waals surface area contributed by atoms with Crippen LogP contribution in [0.25, 0.3) is 0 Å². The van der Waals surface area contributed by atoms with Crippen molar-refractivity contribution in [1.29, 1.82) is 0 Å². The quantitative estimate of drug-likeness (QED) is 0.455. The molecule has 0 saturated heterocycles. The van der Waals surface area contributed by atoms with Gasteiger partial charge in [0.1, 0.15) is 11.6 Å². The first-order valence-electron chi connectivity index (χ1n) is 7.44. The van der Waals surface area contributed by atoms with Gasteiger partial charge in [-0.3, -0.25) is 9.59 Å². The average Bonchev–Trinajstić information content (AvgIpc) is 2.62. The number of anilines is 1. The highest BCUT2D eigenvalue weighted by molar-refractivity contribution is 8.00. The van der Waals surface area contributed by atoms with E-state index in [1.807, 2.05) is 5.32 Å². The molecular weight excluding hydrogens is 391 g/mol. The van der Waals surface area contributed by atoms with Crippen molar-refractivity contribution in [2.75, 3.05) is 24.7 Å². The van der Waals surface area contributed by atoms with Gasteiger partial charge < -0.3 is 10.2 Å². The van der Waals surface area contributed by atoms with Crippen molar-refractivity contribution >= 4 is 29.3 Å². The fourth-order valence-electron chi connectivity index (χ4n) is 1.95. The number of hydrogen-bond acceptors (Lipinski definition) is 3. The summed E-state index contributed by atoms with van der Waals surface area (Å²) < 4.78 is 66.1. The van der Waals surface area contributed by atoms with Crippen LogP contribution in [0.1, 0.15) is 0 Å². The number of carbonyl (C=O) groups is 2. The van der Waals surface area contributed by atoms with Crippen LogP contribution in [0.2, 0.25) is 0 Å². The molecule has 0 aliphatic rings. The number of nitrogens with one attached hydrogen (secondary N) is 1. The maximum Gasteiger partial charge on any atom is 0.244 e. The lowest BCUT2D eigenvalue weighted by atomic mass is 10.2. The lowest BCUT2D eigenvalue weighted by Gasteiger charge is -2.17. The van der Waals surface area contributed by atoms with Gasteiger partial charge in [-0.05, 0) is 30.3 Å². The predicted molar refractivity (Wildman–Crippen MR) is 89.7 cm³/mol. The van der Waals surface area contributed by atoms with Gasteiger partial charge in [0.2, 0.25) is 11.8 Å². The molecule has 0 aliphatic heterocycles. The van der Waals surface area contributed by atoms with Crippen molar-refractivity contribution < 1.29 is 31.5 Å². The Bertz CT molecular complexity index is 879. The Hall–Kier alpha value is -2.62. The van der Waals surface area contributed by atoms with Crippen LogP contribution in [0.5, 0.6) is 0 Å². The zero-order valence-corrected chi connectivity index (χ0v) is 14.7. The standard InChI is InChI=1S/C17H13F5N2O2S/c1-24(15(26)8-27-13-6-9(18)2-3-10(13)19)7-14(25)23-12-5-4-11(20)16(21)17(12)22/h2-6H,7-8H2,1H3,(H,23,25). The van der Waals surface area contributed by atoms with Gasteiger partial charge in [0.25, 0.3) is 0 Å². The highest BCUT2D eigenvalue weighted by Gasteiger charge is 2.18. The summed E-state index contributed by atoms with van der Waals surface area (Å²) in [5.74, 6) is -7.75. The first-order valence-corrected chi connectivity index (χ1v) is 8.42. The second-order valence-corrected chi connectivity index (χ2v) is 6.40. The molecule has 0 aliphatic carbocycles. The van der Waals surface area contributed by atoms with Gasteiger partial charge >= 0.3 is 0 Å². The largest absolute Gasteiger partial charge is 0.336 e. The molecule has 2 amide bonds. The third-order valence-electron chi connectivity index (χ3n) is 3.36. The van der Waals surface area contributed by atoms with Gasteiger partial charge in [-0.1, -0.05) is 0 Å². The third kappa shape index (κ3) is 5.43. The summed E-state index contributed by atoms with van der Waals surface area (Å²) in [4.78, 5) is 24.7. The van der Waals surface area contributed by atoms with Crippen LogP contribution in [0.3, 0.4) is 0 Å². The molecule has 0 saturated carbocycles. The minimum atomic E-state index is -1.73. The van der Waals surface area contributed by atoms with Crippen molar-refractivity contribution in [1.82, 2.24) is 4.90 Å². The number of likely N-dealkylation sites (N-methyl/N-ethyl adjacent to an activating group) is 1. The van der Waals surface area contributed by atoms with Gasteiger partial charge in [0.15, 0.2) is 17.5 Å². The van der Waals surface area contributed by atoms with E-state index in [1.54, 1.807) is 0 Å². The van der Waals surface area contributed by atoms with Crippen molar-refractivity contribution in [2.24, 2.45) is 0 Å². The van der Waals surface area contributed by atoms with E-state index < -0.39 is 53.1 Å². The zero-order valence-electron chi connectivity index (χ0n) is 13.9. The fraction of sp³-hybridized carbons (Fsp3) is 0.176. The van der Waals surface area contributed by atoms with Crippen LogP contribution in [-0.2, 0) is 9.59 Å². The summed E-state index contributed by atoms with van der Waals surface area (Å²) in [5.41, 5.74) is -0.573. The SMILES string of the molecule is CN(CC(=O)Nc1ccc(F)c(F)c1F)C(=O)CSc1cc(F)ccc1F. The Kier molecular flexibility index (Phi) is 6.78. The third-order valence-corrected chi connectivity index (χ3v) is 4.38. The summed E-state index contributed by atoms with van der Waals surface area (Å²) in [5, 5.41) is 2.02. The molecule has 0 spiro atoms. The van der Waals surface area contributed by atoms with E-state index in [2.05, 4.69) is 0 Å². The number of benzene rings is 2. The molecule has 0 radical (unpaired) electrons. The molecule has 0 unspecified atom stereocenters. The van der Waals surface area contributed by atoms with Crippen LogP contribution >= 0.6 is 11.8 Å². The second-order valence-electron chi connectivity index (χ2n) is 5.38. The molecule has 0 atom stereocenters. The summed E-state index contributed by atoms with van der Waals surface area (Å²) in [7, 11) is 1.27. The molecule has 1 N–H and O–H groups in total. The summed E-state index contributed by atoms with van der Waals surface area (Å²) in [6, 6.07) is 4.29. The Balaban J connectivity index is 1.91.